The van der Waals surface area contributed by atoms with Crippen LogP contribution in [0.15, 0.2) is 10.2 Å². The van der Waals surface area contributed by atoms with E-state index in [1.54, 1.807) is 14.2 Å². The molecule has 0 aromatic rings. The molecule has 1 aliphatic heterocycles. The minimum Gasteiger partial charge on any atom is -0.445 e. The molecule has 4 N–H and O–H groups in total. The van der Waals surface area contributed by atoms with Crippen LogP contribution in [0, 0.1) is 11.8 Å². The Morgan fingerprint density at radius 2 is 2.00 bits per heavy atom. The Morgan fingerprint density at radius 1 is 1.26 bits per heavy atom. The topological polar surface area (TPSA) is 131 Å². The number of carbonyl (C=O) groups is 2. The fourth-order valence-electron chi connectivity index (χ4n) is 4.24. The highest BCUT2D eigenvalue weighted by Gasteiger charge is 2.42. The van der Waals surface area contributed by atoms with Crippen molar-refractivity contribution >= 4 is 23.9 Å². The molecular weight excluding hydrogens is 400 g/mol. The second kappa shape index (κ2) is 13.4. The standard InChI is InChI=1S/C21H38N6O4/c1-23-11-6-12-24-19(28)14-27(2)21(29)31-18-8-5-4-7-17(30-3)15-13-25-26-16(9-10-22)20(15)18/h13,15,17-18,20,23H,4-12,14,22H2,1-3H3,(H,24,28)/t15?,17-,18-,20-/m1/s1. The average Bonchev–Trinajstić information content (AvgIpc) is 2.74. The number of hydrogen-bond acceptors (Lipinski definition) is 8. The lowest BCUT2D eigenvalue weighted by molar-refractivity contribution is -0.121. The summed E-state index contributed by atoms with van der Waals surface area (Å²) in [5.74, 6) is -0.359. The molecule has 4 atom stereocenters. The number of rotatable bonds is 10. The van der Waals surface area contributed by atoms with Crippen LogP contribution in [0.1, 0.15) is 38.5 Å². The highest BCUT2D eigenvalue weighted by molar-refractivity contribution is 5.92. The summed E-state index contributed by atoms with van der Waals surface area (Å²) in [5, 5.41) is 14.3. The molecule has 0 aromatic heterocycles. The van der Waals surface area contributed by atoms with Crippen molar-refractivity contribution < 1.29 is 19.1 Å². The third-order valence-electron chi connectivity index (χ3n) is 5.86. The summed E-state index contributed by atoms with van der Waals surface area (Å²) in [6.45, 7) is 1.78. The average molecular weight is 439 g/mol. The number of likely N-dealkylation sites (N-methyl/N-ethyl adjacent to an activating group) is 1. The number of nitrogens with two attached hydrogens (primary N) is 1. The van der Waals surface area contributed by atoms with E-state index in [9.17, 15) is 9.59 Å². The molecule has 10 heteroatoms. The van der Waals surface area contributed by atoms with Crippen LogP contribution < -0.4 is 16.4 Å². The van der Waals surface area contributed by atoms with Crippen LogP contribution in [0.2, 0.25) is 0 Å². The van der Waals surface area contributed by atoms with E-state index < -0.39 is 6.09 Å². The quantitative estimate of drug-likeness (QED) is 0.432. The maximum atomic E-state index is 12.8. The van der Waals surface area contributed by atoms with Gasteiger partial charge in [-0.15, -0.1) is 0 Å². The number of amides is 2. The van der Waals surface area contributed by atoms with Crippen molar-refractivity contribution in [3.63, 3.8) is 0 Å². The molecule has 1 unspecified atom stereocenters. The Labute approximate surface area is 185 Å². The maximum absolute atomic E-state index is 12.8. The van der Waals surface area contributed by atoms with E-state index >= 15 is 0 Å². The molecule has 10 nitrogen and oxygen atoms in total. The Hall–Kier alpha value is -2.04. The highest BCUT2D eigenvalue weighted by Crippen LogP contribution is 2.34. The molecule has 1 heterocycles. The van der Waals surface area contributed by atoms with Crippen LogP contribution in [0.3, 0.4) is 0 Å². The molecule has 0 saturated heterocycles. The first-order valence-electron chi connectivity index (χ1n) is 11.2. The van der Waals surface area contributed by atoms with E-state index in [0.717, 1.165) is 44.4 Å². The fourth-order valence-corrected chi connectivity index (χ4v) is 4.24. The van der Waals surface area contributed by atoms with Crippen LogP contribution in [-0.2, 0) is 14.3 Å². The minimum absolute atomic E-state index is 0.0142. The van der Waals surface area contributed by atoms with Gasteiger partial charge in [0.05, 0.1) is 6.10 Å². The minimum atomic E-state index is -0.515. The zero-order valence-electron chi connectivity index (χ0n) is 19.0. The number of ether oxygens (including phenoxy) is 2. The molecule has 0 spiro atoms. The molecule has 0 aromatic carbocycles. The van der Waals surface area contributed by atoms with E-state index in [1.807, 2.05) is 13.3 Å². The molecule has 31 heavy (non-hydrogen) atoms. The Morgan fingerprint density at radius 3 is 2.68 bits per heavy atom. The lowest BCUT2D eigenvalue weighted by Gasteiger charge is -2.39. The van der Waals surface area contributed by atoms with Gasteiger partial charge in [-0.2, -0.15) is 10.2 Å². The number of nitrogens with one attached hydrogen (secondary N) is 2. The molecule has 0 radical (unpaired) electrons. The summed E-state index contributed by atoms with van der Waals surface area (Å²) in [5.41, 5.74) is 6.65. The van der Waals surface area contributed by atoms with E-state index in [-0.39, 0.29) is 36.5 Å². The first-order chi connectivity index (χ1) is 15.0. The van der Waals surface area contributed by atoms with Crippen molar-refractivity contribution in [3.8, 4) is 0 Å². The third kappa shape index (κ3) is 7.55. The summed E-state index contributed by atoms with van der Waals surface area (Å²) >= 11 is 0. The second-order valence-corrected chi connectivity index (χ2v) is 8.14. The molecule has 1 saturated carbocycles. The van der Waals surface area contributed by atoms with Crippen LogP contribution in [0.25, 0.3) is 0 Å². The number of fused-ring (bicyclic) bond motifs is 1. The Bertz CT molecular complexity index is 641. The normalized spacial score (nSPS) is 25.6. The van der Waals surface area contributed by atoms with E-state index in [2.05, 4.69) is 20.8 Å². The molecule has 176 valence electrons. The molecule has 2 aliphatic rings. The predicted octanol–water partition coefficient (Wildman–Crippen LogP) is 0.760. The van der Waals surface area contributed by atoms with Crippen LogP contribution in [0.4, 0.5) is 4.79 Å². The summed E-state index contributed by atoms with van der Waals surface area (Å²) in [7, 11) is 5.14. The van der Waals surface area contributed by atoms with Gasteiger partial charge in [-0.1, -0.05) is 6.42 Å². The van der Waals surface area contributed by atoms with Gasteiger partial charge in [0.15, 0.2) is 0 Å². The SMILES string of the molecule is CNCCCNC(=O)CN(C)C(=O)O[C@@H]1CCCC[C@@H](OC)C2C=NN=C(CCN)[C@@H]21. The van der Waals surface area contributed by atoms with Crippen molar-refractivity contribution in [1.29, 1.82) is 0 Å². The van der Waals surface area contributed by atoms with E-state index in [0.29, 0.717) is 19.5 Å². The number of hydrogen-bond donors (Lipinski definition) is 3. The number of nitrogens with zero attached hydrogens (tertiary/aromatic N) is 3. The van der Waals surface area contributed by atoms with E-state index in [4.69, 9.17) is 15.2 Å². The van der Waals surface area contributed by atoms with Gasteiger partial charge in [0, 0.05) is 50.9 Å². The lowest BCUT2D eigenvalue weighted by atomic mass is 9.75. The summed E-state index contributed by atoms with van der Waals surface area (Å²) < 4.78 is 11.7. The molecule has 0 bridgehead atoms. The monoisotopic (exact) mass is 438 g/mol. The van der Waals surface area contributed by atoms with Gasteiger partial charge in [-0.3, -0.25) is 4.79 Å². The predicted molar refractivity (Wildman–Crippen MR) is 120 cm³/mol. The lowest BCUT2D eigenvalue weighted by Crippen LogP contribution is -2.48. The van der Waals surface area contributed by atoms with Gasteiger partial charge in [-0.25, -0.2) is 4.79 Å². The Balaban J connectivity index is 2.04. The van der Waals surface area contributed by atoms with Gasteiger partial charge in [0.2, 0.25) is 5.91 Å². The van der Waals surface area contributed by atoms with Crippen molar-refractivity contribution in [1.82, 2.24) is 15.5 Å². The van der Waals surface area contributed by atoms with Crippen LogP contribution in [0.5, 0.6) is 0 Å². The first-order valence-corrected chi connectivity index (χ1v) is 11.2. The number of methoxy groups -OCH3 is 1. The maximum Gasteiger partial charge on any atom is 0.410 e. The summed E-state index contributed by atoms with van der Waals surface area (Å²) in [6, 6.07) is 0. The van der Waals surface area contributed by atoms with Gasteiger partial charge in [0.25, 0.3) is 0 Å². The molecule has 1 fully saturated rings. The Kier molecular flexibility index (Phi) is 10.9. The molecule has 2 rings (SSSR count). The number of carbonyl (C=O) groups excluding carboxylic acids is 2. The smallest absolute Gasteiger partial charge is 0.410 e. The van der Waals surface area contributed by atoms with E-state index in [1.165, 1.54) is 4.90 Å². The van der Waals surface area contributed by atoms with Crippen molar-refractivity contribution in [2.75, 3.05) is 47.4 Å². The molecule has 2 amide bonds. The van der Waals surface area contributed by atoms with Crippen molar-refractivity contribution in [3.05, 3.63) is 0 Å². The van der Waals surface area contributed by atoms with Gasteiger partial charge < -0.3 is 30.7 Å². The molecular formula is C21H38N6O4. The summed E-state index contributed by atoms with van der Waals surface area (Å²) in [4.78, 5) is 26.2. The van der Waals surface area contributed by atoms with Gasteiger partial charge >= 0.3 is 6.09 Å². The van der Waals surface area contributed by atoms with Crippen molar-refractivity contribution in [2.45, 2.75) is 50.7 Å². The third-order valence-corrected chi connectivity index (χ3v) is 5.86. The largest absolute Gasteiger partial charge is 0.445 e. The fraction of sp³-hybridized carbons (Fsp3) is 0.810. The zero-order chi connectivity index (χ0) is 22.6. The van der Waals surface area contributed by atoms with Gasteiger partial charge in [-0.05, 0) is 45.8 Å². The molecule has 1 aliphatic carbocycles. The van der Waals surface area contributed by atoms with Gasteiger partial charge in [0.1, 0.15) is 12.6 Å². The van der Waals surface area contributed by atoms with Crippen LogP contribution in [-0.4, -0.2) is 88.4 Å². The highest BCUT2D eigenvalue weighted by atomic mass is 16.6. The van der Waals surface area contributed by atoms with Crippen molar-refractivity contribution in [2.24, 2.45) is 27.8 Å². The first kappa shape index (κ1) is 25.2. The second-order valence-electron chi connectivity index (χ2n) is 8.14. The summed E-state index contributed by atoms with van der Waals surface area (Å²) in [6.07, 6.45) is 5.89. The van der Waals surface area contributed by atoms with Crippen LogP contribution >= 0.6 is 0 Å². The zero-order valence-corrected chi connectivity index (χ0v) is 19.0.